The molecule has 0 bridgehead atoms. The lowest BCUT2D eigenvalue weighted by molar-refractivity contribution is 0.184. The number of rotatable bonds is 6. The van der Waals surface area contributed by atoms with Crippen LogP contribution in [0.4, 0.5) is 0 Å². The molecular weight excluding hydrogens is 471 g/mol. The van der Waals surface area contributed by atoms with Gasteiger partial charge in [0.2, 0.25) is 0 Å². The van der Waals surface area contributed by atoms with Crippen LogP contribution in [0.1, 0.15) is 29.2 Å². The zero-order chi connectivity index (χ0) is 18.4. The van der Waals surface area contributed by atoms with Gasteiger partial charge in [0.25, 0.3) is 0 Å². The summed E-state index contributed by atoms with van der Waals surface area (Å²) in [7, 11) is 0. The number of aliphatic hydroxyl groups excluding tert-OH is 1. The molecule has 3 N–H and O–H groups in total. The number of nitrogens with one attached hydrogen (secondary N) is 2. The molecule has 0 aliphatic rings. The molecule has 2 heterocycles. The molecule has 1 unspecified atom stereocenters. The predicted molar refractivity (Wildman–Crippen MR) is 124 cm³/mol. The van der Waals surface area contributed by atoms with Gasteiger partial charge < -0.3 is 15.7 Å². The number of hydrogen-bond donors (Lipinski definition) is 3. The highest BCUT2D eigenvalue weighted by Gasteiger charge is 2.12. The van der Waals surface area contributed by atoms with Gasteiger partial charge in [0.1, 0.15) is 6.10 Å². The number of aliphatic imine (C=N–C) groups is 1. The van der Waals surface area contributed by atoms with E-state index in [0.29, 0.717) is 19.0 Å². The summed E-state index contributed by atoms with van der Waals surface area (Å²) in [5, 5.41) is 18.1. The molecule has 3 rings (SSSR count). The molecule has 5 nitrogen and oxygen atoms in total. The van der Waals surface area contributed by atoms with Crippen molar-refractivity contribution in [1.29, 1.82) is 0 Å². The molecule has 7 heteroatoms. The van der Waals surface area contributed by atoms with Crippen LogP contribution in [0.25, 0.3) is 10.1 Å². The lowest BCUT2D eigenvalue weighted by atomic mass is 10.2. The first-order valence-corrected chi connectivity index (χ1v) is 9.58. The Morgan fingerprint density at radius 2 is 2.04 bits per heavy atom. The van der Waals surface area contributed by atoms with E-state index in [1.54, 1.807) is 17.5 Å². The van der Waals surface area contributed by atoms with Crippen molar-refractivity contribution in [2.45, 2.75) is 26.5 Å². The number of aryl methyl sites for hydroxylation is 1. The minimum Gasteiger partial charge on any atom is -0.386 e. The average molecular weight is 496 g/mol. The van der Waals surface area contributed by atoms with Gasteiger partial charge in [-0.25, -0.2) is 4.99 Å². The van der Waals surface area contributed by atoms with E-state index in [-0.39, 0.29) is 24.0 Å². The van der Waals surface area contributed by atoms with Crippen molar-refractivity contribution in [2.75, 3.05) is 13.1 Å². The number of aliphatic hydroxyl groups is 1. The fraction of sp³-hybridized carbons (Fsp3) is 0.300. The number of aromatic nitrogens is 1. The van der Waals surface area contributed by atoms with E-state index in [1.165, 1.54) is 4.70 Å². The van der Waals surface area contributed by atoms with Crippen LogP contribution >= 0.6 is 35.3 Å². The van der Waals surface area contributed by atoms with E-state index in [9.17, 15) is 5.11 Å². The highest BCUT2D eigenvalue weighted by molar-refractivity contribution is 14.0. The summed E-state index contributed by atoms with van der Waals surface area (Å²) >= 11 is 1.62. The summed E-state index contributed by atoms with van der Waals surface area (Å²) in [5.41, 5.74) is 2.08. The molecule has 144 valence electrons. The van der Waals surface area contributed by atoms with Crippen LogP contribution in [0.3, 0.4) is 0 Å². The molecule has 0 aliphatic heterocycles. The third-order valence-electron chi connectivity index (χ3n) is 4.08. The number of nitrogens with zero attached hydrogens (tertiary/aromatic N) is 2. The fourth-order valence-electron chi connectivity index (χ4n) is 2.64. The van der Waals surface area contributed by atoms with Crippen LogP contribution in [0.2, 0.25) is 0 Å². The Hall–Kier alpha value is -1.71. The van der Waals surface area contributed by atoms with E-state index < -0.39 is 6.10 Å². The summed E-state index contributed by atoms with van der Waals surface area (Å²) in [6.07, 6.45) is 1.21. The van der Waals surface area contributed by atoms with Crippen LogP contribution in [0.15, 0.2) is 53.7 Å². The van der Waals surface area contributed by atoms with Gasteiger partial charge in [-0.15, -0.1) is 35.3 Å². The number of benzene rings is 1. The average Bonchev–Trinajstić information content (AvgIpc) is 3.09. The molecule has 0 spiro atoms. The maximum Gasteiger partial charge on any atom is 0.191 e. The van der Waals surface area contributed by atoms with Crippen molar-refractivity contribution >= 4 is 51.4 Å². The van der Waals surface area contributed by atoms with E-state index in [4.69, 9.17) is 0 Å². The Kier molecular flexibility index (Phi) is 8.46. The fourth-order valence-corrected chi connectivity index (χ4v) is 3.69. The Morgan fingerprint density at radius 1 is 1.22 bits per heavy atom. The third kappa shape index (κ3) is 5.88. The summed E-state index contributed by atoms with van der Waals surface area (Å²) in [5.74, 6) is 0.678. The van der Waals surface area contributed by atoms with Crippen molar-refractivity contribution in [2.24, 2.45) is 4.99 Å². The third-order valence-corrected chi connectivity index (χ3v) is 5.30. The minimum atomic E-state index is -0.576. The molecule has 0 saturated carbocycles. The SMILES string of the molecule is CCNC(=NCc1ncccc1C)NCC(O)c1cc2ccccc2s1.I. The Bertz CT molecular complexity index is 863. The molecule has 2 aromatic heterocycles. The number of fused-ring (bicyclic) bond motifs is 1. The monoisotopic (exact) mass is 496 g/mol. The summed E-state index contributed by atoms with van der Waals surface area (Å²) < 4.78 is 1.19. The first-order chi connectivity index (χ1) is 12.7. The van der Waals surface area contributed by atoms with Gasteiger partial charge in [-0.1, -0.05) is 24.3 Å². The Balaban J connectivity index is 0.00000261. The van der Waals surface area contributed by atoms with Gasteiger partial charge in [-0.2, -0.15) is 0 Å². The normalized spacial score (nSPS) is 12.5. The molecule has 0 amide bonds. The molecule has 27 heavy (non-hydrogen) atoms. The lowest BCUT2D eigenvalue weighted by Gasteiger charge is -2.14. The van der Waals surface area contributed by atoms with Gasteiger partial charge in [0.05, 0.1) is 12.2 Å². The number of hydrogen-bond acceptors (Lipinski definition) is 4. The topological polar surface area (TPSA) is 69.5 Å². The second kappa shape index (κ2) is 10.6. The summed E-state index contributed by atoms with van der Waals surface area (Å²) in [6.45, 7) is 5.71. The smallest absolute Gasteiger partial charge is 0.191 e. The molecule has 0 saturated heterocycles. The van der Waals surface area contributed by atoms with Crippen LogP contribution in [-0.4, -0.2) is 29.1 Å². The first kappa shape index (κ1) is 21.6. The van der Waals surface area contributed by atoms with E-state index in [0.717, 1.165) is 28.1 Å². The predicted octanol–water partition coefficient (Wildman–Crippen LogP) is 4.01. The van der Waals surface area contributed by atoms with Crippen molar-refractivity contribution < 1.29 is 5.11 Å². The lowest BCUT2D eigenvalue weighted by Crippen LogP contribution is -2.39. The maximum absolute atomic E-state index is 10.5. The van der Waals surface area contributed by atoms with Gasteiger partial charge in [-0.05, 0) is 43.0 Å². The van der Waals surface area contributed by atoms with Crippen molar-refractivity contribution in [1.82, 2.24) is 15.6 Å². The Labute approximate surface area is 181 Å². The van der Waals surface area contributed by atoms with Crippen molar-refractivity contribution in [3.63, 3.8) is 0 Å². The molecular formula is C20H25IN4OS. The maximum atomic E-state index is 10.5. The van der Waals surface area contributed by atoms with E-state index in [2.05, 4.69) is 32.7 Å². The minimum absolute atomic E-state index is 0. The number of guanidine groups is 1. The molecule has 0 fully saturated rings. The first-order valence-electron chi connectivity index (χ1n) is 8.76. The zero-order valence-corrected chi connectivity index (χ0v) is 18.6. The highest BCUT2D eigenvalue weighted by Crippen LogP contribution is 2.29. The highest BCUT2D eigenvalue weighted by atomic mass is 127. The van der Waals surface area contributed by atoms with Gasteiger partial charge in [0.15, 0.2) is 5.96 Å². The number of halogens is 1. The van der Waals surface area contributed by atoms with Crippen LogP contribution < -0.4 is 10.6 Å². The van der Waals surface area contributed by atoms with E-state index in [1.807, 2.05) is 44.2 Å². The Morgan fingerprint density at radius 3 is 2.78 bits per heavy atom. The van der Waals surface area contributed by atoms with Crippen LogP contribution in [0.5, 0.6) is 0 Å². The standard InChI is InChI=1S/C20H24N4OS.HI/c1-3-21-20(23-12-16-14(2)7-6-10-22-16)24-13-17(25)19-11-15-8-4-5-9-18(15)26-19;/h4-11,17,25H,3,12-13H2,1-2H3,(H2,21,23,24);1H. The van der Waals surface area contributed by atoms with Crippen LogP contribution in [-0.2, 0) is 6.54 Å². The second-order valence-electron chi connectivity index (χ2n) is 6.05. The number of thiophene rings is 1. The molecule has 0 radical (unpaired) electrons. The second-order valence-corrected chi connectivity index (χ2v) is 7.16. The molecule has 1 atom stereocenters. The molecule has 3 aromatic rings. The van der Waals surface area contributed by atoms with Gasteiger partial charge in [0, 0.05) is 28.9 Å². The van der Waals surface area contributed by atoms with Crippen LogP contribution in [0, 0.1) is 6.92 Å². The molecule has 0 aliphatic carbocycles. The number of pyridine rings is 1. The summed E-state index contributed by atoms with van der Waals surface area (Å²) in [6, 6.07) is 14.2. The quantitative estimate of drug-likeness (QED) is 0.274. The van der Waals surface area contributed by atoms with Gasteiger partial charge in [-0.3, -0.25) is 4.98 Å². The molecule has 1 aromatic carbocycles. The largest absolute Gasteiger partial charge is 0.386 e. The van der Waals surface area contributed by atoms with Crippen molar-refractivity contribution in [3.05, 3.63) is 64.8 Å². The zero-order valence-electron chi connectivity index (χ0n) is 15.5. The van der Waals surface area contributed by atoms with Gasteiger partial charge >= 0.3 is 0 Å². The van der Waals surface area contributed by atoms with E-state index >= 15 is 0 Å². The summed E-state index contributed by atoms with van der Waals surface area (Å²) in [4.78, 5) is 9.90. The van der Waals surface area contributed by atoms with Crippen molar-refractivity contribution in [3.8, 4) is 0 Å².